The lowest BCUT2D eigenvalue weighted by Gasteiger charge is -2.22. The Hall–Kier alpha value is -4.37. The molecule has 4 aromatic rings. The molecular formula is C27H22N4O4S. The number of ether oxygens (including phenoxy) is 1. The van der Waals surface area contributed by atoms with Crippen LogP contribution in [0.25, 0.3) is 5.76 Å². The Labute approximate surface area is 211 Å². The van der Waals surface area contributed by atoms with Gasteiger partial charge in [-0.25, -0.2) is 0 Å². The molecule has 0 saturated carbocycles. The van der Waals surface area contributed by atoms with E-state index in [4.69, 9.17) is 4.74 Å². The Balaban J connectivity index is 1.48. The summed E-state index contributed by atoms with van der Waals surface area (Å²) in [6, 6.07) is 17.4. The summed E-state index contributed by atoms with van der Waals surface area (Å²) in [6.45, 7) is 4.19. The molecule has 36 heavy (non-hydrogen) atoms. The molecule has 1 aliphatic heterocycles. The number of benzene rings is 2. The second-order valence-electron chi connectivity index (χ2n) is 8.36. The average Bonchev–Trinajstić information content (AvgIpc) is 3.43. The molecule has 1 fully saturated rings. The molecule has 0 spiro atoms. The number of aryl methyl sites for hydroxylation is 2. The second kappa shape index (κ2) is 9.71. The molecule has 0 bridgehead atoms. The molecule has 2 aromatic heterocycles. The summed E-state index contributed by atoms with van der Waals surface area (Å²) in [5.74, 6) is -1.24. The standard InChI is InChI=1S/C27H22N4O4S/c1-16-5-3-6-18(13-16)15-35-21-10-8-19(9-11-21)24(32)22-23(20-7-4-12-28-14-20)31(26(34)25(22)33)27-30-29-17(2)36-27/h3-14,23,32H,15H2,1-2H3/b24-22+/t23-/m0/s1. The van der Waals surface area contributed by atoms with Gasteiger partial charge in [0.1, 0.15) is 23.1 Å². The normalized spacial score (nSPS) is 16.9. The van der Waals surface area contributed by atoms with E-state index >= 15 is 0 Å². The van der Waals surface area contributed by atoms with Crippen molar-refractivity contribution in [1.82, 2.24) is 15.2 Å². The van der Waals surface area contributed by atoms with Gasteiger partial charge in [0, 0.05) is 18.0 Å². The highest BCUT2D eigenvalue weighted by Crippen LogP contribution is 2.42. The summed E-state index contributed by atoms with van der Waals surface area (Å²) in [7, 11) is 0. The maximum absolute atomic E-state index is 13.2. The Bertz CT molecular complexity index is 1460. The molecular weight excluding hydrogens is 476 g/mol. The van der Waals surface area contributed by atoms with Crippen LogP contribution in [-0.4, -0.2) is 32.0 Å². The molecule has 8 nitrogen and oxygen atoms in total. The van der Waals surface area contributed by atoms with Crippen molar-refractivity contribution in [2.75, 3.05) is 4.90 Å². The molecule has 0 radical (unpaired) electrons. The molecule has 180 valence electrons. The van der Waals surface area contributed by atoms with E-state index in [0.717, 1.165) is 11.1 Å². The van der Waals surface area contributed by atoms with Crippen LogP contribution in [0.4, 0.5) is 5.13 Å². The number of aromatic nitrogens is 3. The van der Waals surface area contributed by atoms with Crippen molar-refractivity contribution in [3.63, 3.8) is 0 Å². The number of Topliss-reactive ketones (excluding diaryl/α,β-unsaturated/α-hetero) is 1. The highest BCUT2D eigenvalue weighted by atomic mass is 32.1. The van der Waals surface area contributed by atoms with Crippen LogP contribution in [0.2, 0.25) is 0 Å². The molecule has 0 aliphatic carbocycles. The van der Waals surface area contributed by atoms with Crippen LogP contribution >= 0.6 is 11.3 Å². The number of rotatable bonds is 6. The van der Waals surface area contributed by atoms with Gasteiger partial charge in [0.05, 0.1) is 11.6 Å². The molecule has 5 rings (SSSR count). The maximum atomic E-state index is 13.2. The number of ketones is 1. The van der Waals surface area contributed by atoms with Gasteiger partial charge in [-0.05, 0) is 55.3 Å². The van der Waals surface area contributed by atoms with Crippen molar-refractivity contribution < 1.29 is 19.4 Å². The van der Waals surface area contributed by atoms with Gasteiger partial charge in [-0.1, -0.05) is 47.2 Å². The summed E-state index contributed by atoms with van der Waals surface area (Å²) in [4.78, 5) is 31.6. The molecule has 3 heterocycles. The fourth-order valence-corrected chi connectivity index (χ4v) is 4.81. The number of aliphatic hydroxyl groups excluding tert-OH is 1. The van der Waals surface area contributed by atoms with E-state index in [1.807, 2.05) is 25.1 Å². The SMILES string of the molecule is Cc1cccc(COc2ccc(/C(O)=C3\C(=O)C(=O)N(c4nnc(C)s4)[C@H]3c3cccnc3)cc2)c1. The zero-order chi connectivity index (χ0) is 25.2. The van der Waals surface area contributed by atoms with Crippen LogP contribution in [0.5, 0.6) is 5.75 Å². The van der Waals surface area contributed by atoms with Crippen LogP contribution in [0, 0.1) is 13.8 Å². The highest BCUT2D eigenvalue weighted by molar-refractivity contribution is 7.15. The minimum Gasteiger partial charge on any atom is -0.507 e. The van der Waals surface area contributed by atoms with Crippen molar-refractivity contribution in [2.45, 2.75) is 26.5 Å². The van der Waals surface area contributed by atoms with Crippen LogP contribution in [0.1, 0.15) is 33.3 Å². The third kappa shape index (κ3) is 4.48. The summed E-state index contributed by atoms with van der Waals surface area (Å²) in [6.07, 6.45) is 3.16. The zero-order valence-corrected chi connectivity index (χ0v) is 20.4. The number of pyridine rings is 1. The molecule has 1 N–H and O–H groups in total. The minimum absolute atomic E-state index is 0.0331. The Morgan fingerprint density at radius 3 is 2.53 bits per heavy atom. The van der Waals surface area contributed by atoms with Gasteiger partial charge in [0.2, 0.25) is 5.13 Å². The number of anilines is 1. The van der Waals surface area contributed by atoms with E-state index in [9.17, 15) is 14.7 Å². The molecule has 1 saturated heterocycles. The Morgan fingerprint density at radius 1 is 1.06 bits per heavy atom. The van der Waals surface area contributed by atoms with Crippen LogP contribution in [0.3, 0.4) is 0 Å². The summed E-state index contributed by atoms with van der Waals surface area (Å²) < 4.78 is 5.86. The number of carbonyl (C=O) groups is 2. The van der Waals surface area contributed by atoms with Gasteiger partial charge in [0.15, 0.2) is 0 Å². The summed E-state index contributed by atoms with van der Waals surface area (Å²) in [5, 5.41) is 20.2. The van der Waals surface area contributed by atoms with Gasteiger partial charge in [-0.3, -0.25) is 19.5 Å². The topological polar surface area (TPSA) is 106 Å². The zero-order valence-electron chi connectivity index (χ0n) is 19.6. The summed E-state index contributed by atoms with van der Waals surface area (Å²) in [5.41, 5.74) is 3.13. The van der Waals surface area contributed by atoms with Crippen molar-refractivity contribution in [2.24, 2.45) is 0 Å². The van der Waals surface area contributed by atoms with E-state index in [0.29, 0.717) is 28.5 Å². The van der Waals surface area contributed by atoms with Gasteiger partial charge >= 0.3 is 5.91 Å². The average molecular weight is 499 g/mol. The number of carbonyl (C=O) groups excluding carboxylic acids is 2. The number of nitrogens with zero attached hydrogens (tertiary/aromatic N) is 4. The molecule has 2 aromatic carbocycles. The van der Waals surface area contributed by atoms with Crippen molar-refractivity contribution in [3.8, 4) is 5.75 Å². The predicted molar refractivity (Wildman–Crippen MR) is 136 cm³/mol. The molecule has 1 atom stereocenters. The van der Waals surface area contributed by atoms with E-state index in [1.54, 1.807) is 55.7 Å². The predicted octanol–water partition coefficient (Wildman–Crippen LogP) is 4.76. The minimum atomic E-state index is -0.886. The van der Waals surface area contributed by atoms with E-state index in [-0.39, 0.29) is 16.5 Å². The highest BCUT2D eigenvalue weighted by Gasteiger charge is 2.48. The lowest BCUT2D eigenvalue weighted by atomic mass is 9.96. The summed E-state index contributed by atoms with van der Waals surface area (Å²) >= 11 is 1.19. The molecule has 9 heteroatoms. The third-order valence-electron chi connectivity index (χ3n) is 5.78. The number of aliphatic hydroxyl groups is 1. The quantitative estimate of drug-likeness (QED) is 0.232. The van der Waals surface area contributed by atoms with E-state index in [2.05, 4.69) is 21.2 Å². The van der Waals surface area contributed by atoms with Crippen LogP contribution in [-0.2, 0) is 16.2 Å². The number of amides is 1. The third-order valence-corrected chi connectivity index (χ3v) is 6.62. The van der Waals surface area contributed by atoms with E-state index in [1.165, 1.54) is 16.2 Å². The number of hydrogen-bond acceptors (Lipinski definition) is 8. The smallest absolute Gasteiger partial charge is 0.301 e. The molecule has 1 amide bonds. The first kappa shape index (κ1) is 23.4. The fourth-order valence-electron chi connectivity index (χ4n) is 4.10. The monoisotopic (exact) mass is 498 g/mol. The van der Waals surface area contributed by atoms with Crippen molar-refractivity contribution >= 4 is 33.9 Å². The number of hydrogen-bond donors (Lipinski definition) is 1. The first-order valence-corrected chi connectivity index (χ1v) is 12.0. The van der Waals surface area contributed by atoms with Gasteiger partial charge in [-0.15, -0.1) is 10.2 Å². The van der Waals surface area contributed by atoms with Crippen LogP contribution < -0.4 is 9.64 Å². The second-order valence-corrected chi connectivity index (χ2v) is 9.52. The maximum Gasteiger partial charge on any atom is 0.301 e. The van der Waals surface area contributed by atoms with Crippen molar-refractivity contribution in [3.05, 3.63) is 106 Å². The Kier molecular flexibility index (Phi) is 6.30. The van der Waals surface area contributed by atoms with Crippen LogP contribution in [0.15, 0.2) is 78.6 Å². The van der Waals surface area contributed by atoms with Gasteiger partial charge < -0.3 is 9.84 Å². The largest absolute Gasteiger partial charge is 0.507 e. The van der Waals surface area contributed by atoms with Crippen molar-refractivity contribution in [1.29, 1.82) is 0 Å². The first-order chi connectivity index (χ1) is 17.4. The molecule has 0 unspecified atom stereocenters. The first-order valence-electron chi connectivity index (χ1n) is 11.2. The van der Waals surface area contributed by atoms with E-state index < -0.39 is 17.7 Å². The Morgan fingerprint density at radius 2 is 1.86 bits per heavy atom. The fraction of sp³-hybridized carbons (Fsp3) is 0.148. The lowest BCUT2D eigenvalue weighted by Crippen LogP contribution is -2.29. The van der Waals surface area contributed by atoms with Gasteiger partial charge in [-0.2, -0.15) is 0 Å². The van der Waals surface area contributed by atoms with Gasteiger partial charge in [0.25, 0.3) is 5.78 Å². The molecule has 1 aliphatic rings. The lowest BCUT2D eigenvalue weighted by molar-refractivity contribution is -0.132.